The van der Waals surface area contributed by atoms with Crippen molar-refractivity contribution in [1.29, 1.82) is 0 Å². The lowest BCUT2D eigenvalue weighted by Crippen LogP contribution is -1.87. The minimum atomic E-state index is -0.307. The lowest BCUT2D eigenvalue weighted by molar-refractivity contribution is 0.629. The third-order valence-electron chi connectivity index (χ3n) is 1.85. The van der Waals surface area contributed by atoms with E-state index in [2.05, 4.69) is 15.9 Å². The van der Waals surface area contributed by atoms with Crippen molar-refractivity contribution in [3.63, 3.8) is 0 Å². The Morgan fingerprint density at radius 2 is 2.00 bits per heavy atom. The molecule has 2 N–H and O–H groups in total. The summed E-state index contributed by atoms with van der Waals surface area (Å²) >= 11 is 4.96. The van der Waals surface area contributed by atoms with Gasteiger partial charge >= 0.3 is 0 Å². The van der Waals surface area contributed by atoms with E-state index in [0.717, 1.165) is 15.6 Å². The van der Waals surface area contributed by atoms with Gasteiger partial charge in [-0.3, -0.25) is 0 Å². The Kier molecular flexibility index (Phi) is 2.56. The standard InChI is InChI=1S/C10H7BrFNS/c11-10-5-14-4-9(10)6-1-7(12)3-8(13)2-6/h1-5H,13H2. The van der Waals surface area contributed by atoms with Gasteiger partial charge in [-0.05, 0) is 45.1 Å². The highest BCUT2D eigenvalue weighted by Crippen LogP contribution is 2.32. The van der Waals surface area contributed by atoms with Crippen LogP contribution in [0.5, 0.6) is 0 Å². The molecule has 14 heavy (non-hydrogen) atoms. The van der Waals surface area contributed by atoms with E-state index in [4.69, 9.17) is 5.73 Å². The van der Waals surface area contributed by atoms with Crippen LogP contribution in [-0.2, 0) is 0 Å². The van der Waals surface area contributed by atoms with E-state index < -0.39 is 0 Å². The normalized spacial score (nSPS) is 10.4. The molecule has 72 valence electrons. The Labute approximate surface area is 93.5 Å². The summed E-state index contributed by atoms with van der Waals surface area (Å²) in [7, 11) is 0. The fourth-order valence-corrected chi connectivity index (χ4v) is 2.79. The number of nitrogens with two attached hydrogens (primary N) is 1. The van der Waals surface area contributed by atoms with Crippen molar-refractivity contribution in [3.05, 3.63) is 39.2 Å². The number of nitrogen functional groups attached to an aromatic ring is 1. The monoisotopic (exact) mass is 271 g/mol. The first-order valence-corrected chi connectivity index (χ1v) is 5.68. The zero-order chi connectivity index (χ0) is 10.1. The van der Waals surface area contributed by atoms with Crippen molar-refractivity contribution < 1.29 is 4.39 Å². The van der Waals surface area contributed by atoms with Gasteiger partial charge in [0.25, 0.3) is 0 Å². The minimum absolute atomic E-state index is 0.307. The van der Waals surface area contributed by atoms with Crippen molar-refractivity contribution in [2.75, 3.05) is 5.73 Å². The van der Waals surface area contributed by atoms with Crippen molar-refractivity contribution in [3.8, 4) is 11.1 Å². The maximum atomic E-state index is 13.1. The molecule has 4 heteroatoms. The number of hydrogen-bond acceptors (Lipinski definition) is 2. The number of thiophene rings is 1. The van der Waals surface area contributed by atoms with E-state index in [9.17, 15) is 4.39 Å². The van der Waals surface area contributed by atoms with E-state index in [1.165, 1.54) is 12.1 Å². The second-order valence-corrected chi connectivity index (χ2v) is 4.50. The van der Waals surface area contributed by atoms with E-state index in [1.807, 2.05) is 10.8 Å². The quantitative estimate of drug-likeness (QED) is 0.783. The lowest BCUT2D eigenvalue weighted by atomic mass is 10.1. The Balaban J connectivity index is 2.57. The Hall–Kier alpha value is -0.870. The third-order valence-corrected chi connectivity index (χ3v) is 3.55. The Bertz CT molecular complexity index is 447. The average molecular weight is 272 g/mol. The largest absolute Gasteiger partial charge is 0.399 e. The fraction of sp³-hybridized carbons (Fsp3) is 0. The predicted molar refractivity (Wildman–Crippen MR) is 61.8 cm³/mol. The molecule has 0 bridgehead atoms. The summed E-state index contributed by atoms with van der Waals surface area (Å²) in [4.78, 5) is 0. The predicted octanol–water partition coefficient (Wildman–Crippen LogP) is 3.90. The first-order chi connectivity index (χ1) is 6.66. The first kappa shape index (κ1) is 9.68. The summed E-state index contributed by atoms with van der Waals surface area (Å²) < 4.78 is 14.0. The maximum absolute atomic E-state index is 13.1. The van der Waals surface area contributed by atoms with Crippen LogP contribution >= 0.6 is 27.3 Å². The first-order valence-electron chi connectivity index (χ1n) is 3.95. The molecule has 0 unspecified atom stereocenters. The van der Waals surface area contributed by atoms with Crippen LogP contribution in [0.3, 0.4) is 0 Å². The van der Waals surface area contributed by atoms with Gasteiger partial charge in [-0.2, -0.15) is 11.3 Å². The van der Waals surface area contributed by atoms with Crippen molar-refractivity contribution in [2.24, 2.45) is 0 Å². The molecular weight excluding hydrogens is 265 g/mol. The molecule has 0 aliphatic heterocycles. The summed E-state index contributed by atoms with van der Waals surface area (Å²) in [5.41, 5.74) is 7.78. The van der Waals surface area contributed by atoms with Gasteiger partial charge in [-0.1, -0.05) is 0 Å². The van der Waals surface area contributed by atoms with Crippen LogP contribution in [0.2, 0.25) is 0 Å². The van der Waals surface area contributed by atoms with E-state index >= 15 is 0 Å². The molecule has 0 saturated heterocycles. The van der Waals surface area contributed by atoms with Crippen LogP contribution in [0.1, 0.15) is 0 Å². The molecule has 0 fully saturated rings. The third kappa shape index (κ3) is 1.81. The zero-order valence-corrected chi connectivity index (χ0v) is 9.53. The van der Waals surface area contributed by atoms with Gasteiger partial charge in [0, 0.05) is 21.1 Å². The summed E-state index contributed by atoms with van der Waals surface area (Å²) in [6, 6.07) is 4.54. The molecule has 0 radical (unpaired) electrons. The average Bonchev–Trinajstić information content (AvgIpc) is 2.49. The molecule has 1 nitrogen and oxygen atoms in total. The number of anilines is 1. The molecule has 1 aromatic heterocycles. The van der Waals surface area contributed by atoms with Gasteiger partial charge in [-0.15, -0.1) is 0 Å². The fourth-order valence-electron chi connectivity index (χ4n) is 1.26. The second-order valence-electron chi connectivity index (χ2n) is 2.91. The van der Waals surface area contributed by atoms with Crippen LogP contribution in [0.4, 0.5) is 10.1 Å². The number of rotatable bonds is 1. The van der Waals surface area contributed by atoms with Gasteiger partial charge in [0.05, 0.1) is 0 Å². The summed E-state index contributed by atoms with van der Waals surface area (Å²) in [5.74, 6) is -0.307. The van der Waals surface area contributed by atoms with Gasteiger partial charge in [0.15, 0.2) is 0 Å². The van der Waals surface area contributed by atoms with Crippen LogP contribution in [0.25, 0.3) is 11.1 Å². The summed E-state index contributed by atoms with van der Waals surface area (Å²) in [6.45, 7) is 0. The van der Waals surface area contributed by atoms with Crippen LogP contribution in [0.15, 0.2) is 33.4 Å². The highest BCUT2D eigenvalue weighted by Gasteiger charge is 2.05. The van der Waals surface area contributed by atoms with Gasteiger partial charge < -0.3 is 5.73 Å². The molecule has 0 aliphatic rings. The van der Waals surface area contributed by atoms with Crippen LogP contribution < -0.4 is 5.73 Å². The van der Waals surface area contributed by atoms with E-state index in [0.29, 0.717) is 5.69 Å². The number of hydrogen-bond donors (Lipinski definition) is 1. The van der Waals surface area contributed by atoms with Gasteiger partial charge in [0.1, 0.15) is 5.82 Å². The number of halogens is 2. The molecule has 0 saturated carbocycles. The Morgan fingerprint density at radius 1 is 1.21 bits per heavy atom. The van der Waals surface area contributed by atoms with E-state index in [1.54, 1.807) is 17.4 Å². The summed E-state index contributed by atoms with van der Waals surface area (Å²) in [6.07, 6.45) is 0. The maximum Gasteiger partial charge on any atom is 0.125 e. The smallest absolute Gasteiger partial charge is 0.125 e. The topological polar surface area (TPSA) is 26.0 Å². The van der Waals surface area contributed by atoms with Crippen LogP contribution in [-0.4, -0.2) is 0 Å². The highest BCUT2D eigenvalue weighted by atomic mass is 79.9. The van der Waals surface area contributed by atoms with Crippen molar-refractivity contribution in [1.82, 2.24) is 0 Å². The molecule has 0 spiro atoms. The number of benzene rings is 1. The van der Waals surface area contributed by atoms with Crippen LogP contribution in [0, 0.1) is 5.82 Å². The minimum Gasteiger partial charge on any atom is -0.399 e. The molecule has 1 heterocycles. The SMILES string of the molecule is Nc1cc(F)cc(-c2cscc2Br)c1. The molecule has 1 aromatic carbocycles. The highest BCUT2D eigenvalue weighted by molar-refractivity contribution is 9.10. The van der Waals surface area contributed by atoms with Crippen molar-refractivity contribution in [2.45, 2.75) is 0 Å². The molecule has 2 rings (SSSR count). The lowest BCUT2D eigenvalue weighted by Gasteiger charge is -2.01. The second kappa shape index (κ2) is 3.71. The van der Waals surface area contributed by atoms with Gasteiger partial charge in [0.2, 0.25) is 0 Å². The molecule has 0 aliphatic carbocycles. The molecule has 2 aromatic rings. The van der Waals surface area contributed by atoms with Gasteiger partial charge in [-0.25, -0.2) is 4.39 Å². The molecule has 0 atom stereocenters. The van der Waals surface area contributed by atoms with Crippen molar-refractivity contribution >= 4 is 33.0 Å². The molecule has 0 amide bonds. The molecular formula is C10H7BrFNS. The summed E-state index contributed by atoms with van der Waals surface area (Å²) in [5, 5.41) is 3.91. The Morgan fingerprint density at radius 3 is 2.57 bits per heavy atom. The van der Waals surface area contributed by atoms with E-state index in [-0.39, 0.29) is 5.82 Å². The zero-order valence-electron chi connectivity index (χ0n) is 7.13.